The summed E-state index contributed by atoms with van der Waals surface area (Å²) in [5.41, 5.74) is 4.90. The summed E-state index contributed by atoms with van der Waals surface area (Å²) in [5, 5.41) is 19.0. The molecule has 0 aliphatic heterocycles. The standard InChI is InChI=1S/C5H14N4O2S/c6-7-5(12)8-9(1-3-10)2-4-11/h10-11H,1-4,6H2,(H2,7,8,12). The molecule has 0 aromatic rings. The molecule has 6 N–H and O–H groups in total. The van der Waals surface area contributed by atoms with Crippen LogP contribution in [0.4, 0.5) is 0 Å². The summed E-state index contributed by atoms with van der Waals surface area (Å²) in [4.78, 5) is 0. The van der Waals surface area contributed by atoms with Gasteiger partial charge in [-0.25, -0.2) is 10.9 Å². The number of aliphatic hydroxyl groups is 2. The highest BCUT2D eigenvalue weighted by atomic mass is 32.1. The van der Waals surface area contributed by atoms with Gasteiger partial charge in [0, 0.05) is 13.1 Å². The number of nitrogens with one attached hydrogen (secondary N) is 2. The predicted octanol–water partition coefficient (Wildman–Crippen LogP) is -2.47. The molecule has 0 rings (SSSR count). The fourth-order valence-electron chi connectivity index (χ4n) is 0.641. The first-order chi connectivity index (χ1) is 5.74. The topological polar surface area (TPSA) is 93.8 Å². The van der Waals surface area contributed by atoms with Gasteiger partial charge < -0.3 is 10.2 Å². The lowest BCUT2D eigenvalue weighted by Gasteiger charge is -2.21. The fourth-order valence-corrected chi connectivity index (χ4v) is 0.770. The summed E-state index contributed by atoms with van der Waals surface area (Å²) in [5.74, 6) is 5.01. The van der Waals surface area contributed by atoms with Crippen molar-refractivity contribution in [2.75, 3.05) is 26.3 Å². The minimum atomic E-state index is -0.0137. The third-order valence-electron chi connectivity index (χ3n) is 1.13. The summed E-state index contributed by atoms with van der Waals surface area (Å²) < 4.78 is 0. The first-order valence-electron chi connectivity index (χ1n) is 3.48. The Hall–Kier alpha value is -0.470. The van der Waals surface area contributed by atoms with Crippen molar-refractivity contribution in [1.29, 1.82) is 0 Å². The van der Waals surface area contributed by atoms with Crippen molar-refractivity contribution in [3.8, 4) is 0 Å². The van der Waals surface area contributed by atoms with Crippen LogP contribution in [-0.2, 0) is 0 Å². The number of nitrogens with two attached hydrogens (primary N) is 1. The van der Waals surface area contributed by atoms with Gasteiger partial charge >= 0.3 is 0 Å². The normalized spacial score (nSPS) is 10.0. The number of aliphatic hydroxyl groups excluding tert-OH is 2. The minimum absolute atomic E-state index is 0.0137. The van der Waals surface area contributed by atoms with Crippen LogP contribution in [0.2, 0.25) is 0 Å². The summed E-state index contributed by atoms with van der Waals surface area (Å²) in [6.07, 6.45) is 0. The van der Waals surface area contributed by atoms with Gasteiger partial charge in [-0.05, 0) is 12.2 Å². The van der Waals surface area contributed by atoms with E-state index in [-0.39, 0.29) is 18.3 Å². The maximum Gasteiger partial charge on any atom is 0.195 e. The van der Waals surface area contributed by atoms with Crippen LogP contribution in [0, 0.1) is 0 Å². The molecule has 0 saturated carbocycles. The number of hydrazine groups is 2. The van der Waals surface area contributed by atoms with Crippen LogP contribution in [0.25, 0.3) is 0 Å². The van der Waals surface area contributed by atoms with Crippen molar-refractivity contribution in [3.63, 3.8) is 0 Å². The molecule has 12 heavy (non-hydrogen) atoms. The molecule has 0 bridgehead atoms. The number of rotatable bonds is 5. The van der Waals surface area contributed by atoms with Gasteiger partial charge in [0.2, 0.25) is 0 Å². The molecule has 0 unspecified atom stereocenters. The Labute approximate surface area is 76.3 Å². The summed E-state index contributed by atoms with van der Waals surface area (Å²) in [6.45, 7) is 0.727. The van der Waals surface area contributed by atoms with E-state index in [9.17, 15) is 0 Å². The van der Waals surface area contributed by atoms with Gasteiger partial charge in [0.1, 0.15) is 0 Å². The molecule has 0 aliphatic carbocycles. The molecule has 0 fully saturated rings. The predicted molar refractivity (Wildman–Crippen MR) is 48.8 cm³/mol. The summed E-state index contributed by atoms with van der Waals surface area (Å²) in [6, 6.07) is 0. The summed E-state index contributed by atoms with van der Waals surface area (Å²) in [7, 11) is 0. The number of hydrogen-bond donors (Lipinski definition) is 5. The number of nitrogens with zero attached hydrogens (tertiary/aromatic N) is 1. The van der Waals surface area contributed by atoms with Gasteiger partial charge in [-0.2, -0.15) is 0 Å². The van der Waals surface area contributed by atoms with Crippen LogP contribution >= 0.6 is 12.2 Å². The molecule has 0 radical (unpaired) electrons. The zero-order valence-corrected chi connectivity index (χ0v) is 7.47. The molecule has 0 aromatic heterocycles. The van der Waals surface area contributed by atoms with Gasteiger partial charge in [0.05, 0.1) is 13.2 Å². The van der Waals surface area contributed by atoms with Gasteiger partial charge in [-0.15, -0.1) is 0 Å². The quantitative estimate of drug-likeness (QED) is 0.188. The molecule has 0 aliphatic rings. The van der Waals surface area contributed by atoms with Gasteiger partial charge in [0.25, 0.3) is 0 Å². The lowest BCUT2D eigenvalue weighted by molar-refractivity contribution is 0.139. The monoisotopic (exact) mass is 194 g/mol. The van der Waals surface area contributed by atoms with Crippen LogP contribution in [0.3, 0.4) is 0 Å². The van der Waals surface area contributed by atoms with E-state index in [1.165, 1.54) is 0 Å². The molecule has 0 saturated heterocycles. The fraction of sp³-hybridized carbons (Fsp3) is 0.800. The lowest BCUT2D eigenvalue weighted by atomic mass is 10.6. The van der Waals surface area contributed by atoms with E-state index in [0.717, 1.165) is 0 Å². The van der Waals surface area contributed by atoms with Crippen LogP contribution in [0.5, 0.6) is 0 Å². The van der Waals surface area contributed by atoms with Crippen molar-refractivity contribution >= 4 is 17.3 Å². The Morgan fingerprint density at radius 2 is 1.83 bits per heavy atom. The summed E-state index contributed by atoms with van der Waals surface area (Å²) >= 11 is 4.71. The minimum Gasteiger partial charge on any atom is -0.395 e. The molecule has 72 valence electrons. The van der Waals surface area contributed by atoms with Crippen molar-refractivity contribution < 1.29 is 10.2 Å². The Bertz CT molecular complexity index is 129. The zero-order valence-electron chi connectivity index (χ0n) is 6.66. The van der Waals surface area contributed by atoms with E-state index in [4.69, 9.17) is 28.3 Å². The van der Waals surface area contributed by atoms with Crippen molar-refractivity contribution in [2.24, 2.45) is 5.84 Å². The average Bonchev–Trinajstić information content (AvgIpc) is 2.05. The van der Waals surface area contributed by atoms with Crippen molar-refractivity contribution in [1.82, 2.24) is 15.9 Å². The molecule has 6 nitrogen and oxygen atoms in total. The molecule has 0 atom stereocenters. The Kier molecular flexibility index (Phi) is 6.91. The molecule has 0 spiro atoms. The first-order valence-corrected chi connectivity index (χ1v) is 3.89. The molecular weight excluding hydrogens is 180 g/mol. The van der Waals surface area contributed by atoms with E-state index in [0.29, 0.717) is 13.1 Å². The highest BCUT2D eigenvalue weighted by molar-refractivity contribution is 7.80. The second-order valence-electron chi connectivity index (χ2n) is 2.02. The average molecular weight is 194 g/mol. The van der Waals surface area contributed by atoms with Crippen LogP contribution in [0.15, 0.2) is 0 Å². The maximum absolute atomic E-state index is 8.59. The molecular formula is C5H14N4O2S. The van der Waals surface area contributed by atoms with Gasteiger partial charge in [-0.1, -0.05) is 0 Å². The van der Waals surface area contributed by atoms with Crippen molar-refractivity contribution in [2.45, 2.75) is 0 Å². The van der Waals surface area contributed by atoms with E-state index >= 15 is 0 Å². The van der Waals surface area contributed by atoms with E-state index in [2.05, 4.69) is 10.9 Å². The van der Waals surface area contributed by atoms with E-state index in [1.54, 1.807) is 5.01 Å². The van der Waals surface area contributed by atoms with Gasteiger partial charge in [0.15, 0.2) is 5.11 Å². The third-order valence-corrected chi connectivity index (χ3v) is 1.34. The van der Waals surface area contributed by atoms with Crippen LogP contribution < -0.4 is 16.7 Å². The smallest absolute Gasteiger partial charge is 0.195 e. The number of hydrogen-bond acceptors (Lipinski definition) is 5. The Balaban J connectivity index is 3.68. The lowest BCUT2D eigenvalue weighted by Crippen LogP contribution is -2.51. The van der Waals surface area contributed by atoms with E-state index in [1.807, 2.05) is 0 Å². The first kappa shape index (κ1) is 11.5. The zero-order chi connectivity index (χ0) is 9.40. The third kappa shape index (κ3) is 5.22. The van der Waals surface area contributed by atoms with Crippen molar-refractivity contribution in [3.05, 3.63) is 0 Å². The molecule has 7 heteroatoms. The second-order valence-corrected chi connectivity index (χ2v) is 2.43. The largest absolute Gasteiger partial charge is 0.395 e. The Morgan fingerprint density at radius 1 is 1.33 bits per heavy atom. The number of thiocarbonyl (C=S) groups is 1. The SMILES string of the molecule is NNC(=S)NN(CCO)CCO. The maximum atomic E-state index is 8.59. The van der Waals surface area contributed by atoms with Crippen LogP contribution in [0.1, 0.15) is 0 Å². The molecule has 0 amide bonds. The molecule has 0 aromatic carbocycles. The Morgan fingerprint density at radius 3 is 2.17 bits per heavy atom. The van der Waals surface area contributed by atoms with E-state index < -0.39 is 0 Å². The van der Waals surface area contributed by atoms with Crippen LogP contribution in [-0.4, -0.2) is 46.6 Å². The highest BCUT2D eigenvalue weighted by Gasteiger charge is 2.03. The second kappa shape index (κ2) is 7.19. The highest BCUT2D eigenvalue weighted by Crippen LogP contribution is 1.80. The van der Waals surface area contributed by atoms with Gasteiger partial charge in [-0.3, -0.25) is 10.9 Å². The molecule has 0 heterocycles.